The Kier molecular flexibility index (Phi) is 4.80. The third kappa shape index (κ3) is 3.46. The fraction of sp³-hybridized carbons (Fsp3) is 0.667. The smallest absolute Gasteiger partial charge is 0.204 e. The van der Waals surface area contributed by atoms with Crippen molar-refractivity contribution in [2.45, 2.75) is 50.5 Å². The number of fused-ring (bicyclic) bond motifs is 1. The van der Waals surface area contributed by atoms with Crippen LogP contribution in [-0.4, -0.2) is 51.6 Å². The van der Waals surface area contributed by atoms with E-state index in [1.54, 1.807) is 0 Å². The lowest BCUT2D eigenvalue weighted by molar-refractivity contribution is -0.0189. The van der Waals surface area contributed by atoms with Crippen LogP contribution in [0.4, 0.5) is 0 Å². The van der Waals surface area contributed by atoms with Gasteiger partial charge in [0.2, 0.25) is 6.29 Å². The highest BCUT2D eigenvalue weighted by Gasteiger charge is 2.33. The maximum Gasteiger partial charge on any atom is 0.204 e. The zero-order valence-corrected chi connectivity index (χ0v) is 14.2. The molecule has 1 aromatic rings. The van der Waals surface area contributed by atoms with Gasteiger partial charge in [0.1, 0.15) is 5.75 Å². The minimum atomic E-state index is -0.912. The molecule has 2 aliphatic rings. The summed E-state index contributed by atoms with van der Waals surface area (Å²) in [6, 6.07) is 5.89. The summed E-state index contributed by atoms with van der Waals surface area (Å²) in [5.41, 5.74) is 1.91. The summed E-state index contributed by atoms with van der Waals surface area (Å²) in [6.07, 6.45) is 2.56. The minimum absolute atomic E-state index is 0.0342. The Balaban J connectivity index is 1.77. The van der Waals surface area contributed by atoms with Crippen LogP contribution < -0.4 is 4.74 Å². The maximum atomic E-state index is 10.0. The Labute approximate surface area is 142 Å². The molecule has 0 spiro atoms. The van der Waals surface area contributed by atoms with E-state index in [0.717, 1.165) is 30.6 Å². The predicted octanol–water partition coefficient (Wildman–Crippen LogP) is 2.11. The zero-order valence-electron chi connectivity index (χ0n) is 14.2. The van der Waals surface area contributed by atoms with Crippen LogP contribution in [0.1, 0.15) is 50.2 Å². The van der Waals surface area contributed by atoms with Gasteiger partial charge in [0.15, 0.2) is 0 Å². The molecule has 3 atom stereocenters. The van der Waals surface area contributed by atoms with Crippen LogP contribution >= 0.6 is 0 Å². The lowest BCUT2D eigenvalue weighted by Crippen LogP contribution is -2.45. The molecule has 4 radical (unpaired) electrons. The number of likely N-dealkylation sites (tertiary alicyclic amines) is 1. The number of ether oxygens (including phenoxy) is 1. The van der Waals surface area contributed by atoms with E-state index in [1.807, 2.05) is 25.1 Å². The molecule has 0 aromatic heterocycles. The SMILES string of the molecule is [B]C([B])(CN1CCCC(C)C1)c1ccc2c(c1)OC(O)C2CC. The highest BCUT2D eigenvalue weighted by Crippen LogP contribution is 2.41. The molecule has 0 aliphatic carbocycles. The van der Waals surface area contributed by atoms with Gasteiger partial charge in [-0.3, -0.25) is 0 Å². The van der Waals surface area contributed by atoms with Gasteiger partial charge in [-0.05, 0) is 44.3 Å². The molecule has 23 heavy (non-hydrogen) atoms. The van der Waals surface area contributed by atoms with Crippen LogP contribution in [0.25, 0.3) is 0 Å². The van der Waals surface area contributed by atoms with E-state index >= 15 is 0 Å². The molecule has 0 amide bonds. The number of hydrogen-bond acceptors (Lipinski definition) is 3. The Hall–Kier alpha value is -0.930. The van der Waals surface area contributed by atoms with Crippen molar-refractivity contribution < 1.29 is 9.84 Å². The molecule has 0 saturated carbocycles. The molecule has 120 valence electrons. The van der Waals surface area contributed by atoms with Crippen LogP contribution in [0.3, 0.4) is 0 Å². The van der Waals surface area contributed by atoms with Crippen molar-refractivity contribution in [2.24, 2.45) is 5.92 Å². The largest absolute Gasteiger partial charge is 0.464 e. The standard InChI is InChI=1S/C18H25B2NO2/c1-3-14-15-7-6-13(9-16(15)23-17(14)22)18(19,20)11-21-8-4-5-12(2)10-21/h6-7,9,12,14,17,22H,3-5,8,10-11H2,1-2H3. The van der Waals surface area contributed by atoms with Gasteiger partial charge in [-0.2, -0.15) is 0 Å². The Morgan fingerprint density at radius 1 is 1.39 bits per heavy atom. The molecule has 3 rings (SSSR count). The van der Waals surface area contributed by atoms with Crippen LogP contribution in [0.5, 0.6) is 5.75 Å². The van der Waals surface area contributed by atoms with E-state index in [0.29, 0.717) is 18.2 Å². The van der Waals surface area contributed by atoms with Crippen molar-refractivity contribution in [1.82, 2.24) is 4.90 Å². The third-order valence-electron chi connectivity index (χ3n) is 5.21. The van der Waals surface area contributed by atoms with Crippen molar-refractivity contribution in [3.63, 3.8) is 0 Å². The van der Waals surface area contributed by atoms with E-state index < -0.39 is 11.5 Å². The lowest BCUT2D eigenvalue weighted by Gasteiger charge is -2.38. The first kappa shape index (κ1) is 16.9. The van der Waals surface area contributed by atoms with Crippen LogP contribution in [0, 0.1) is 5.92 Å². The normalized spacial score (nSPS) is 28.4. The second-order valence-corrected chi connectivity index (χ2v) is 7.30. The van der Waals surface area contributed by atoms with Gasteiger partial charge in [0.25, 0.3) is 0 Å². The van der Waals surface area contributed by atoms with Crippen molar-refractivity contribution in [2.75, 3.05) is 19.6 Å². The average Bonchev–Trinajstić information content (AvgIpc) is 2.80. The molecule has 1 fully saturated rings. The van der Waals surface area contributed by atoms with Gasteiger partial charge >= 0.3 is 0 Å². The second kappa shape index (κ2) is 6.52. The van der Waals surface area contributed by atoms with Crippen LogP contribution in [0.15, 0.2) is 18.2 Å². The number of hydrogen-bond donors (Lipinski definition) is 1. The van der Waals surface area contributed by atoms with Crippen molar-refractivity contribution in [1.29, 1.82) is 0 Å². The third-order valence-corrected chi connectivity index (χ3v) is 5.21. The average molecular weight is 309 g/mol. The summed E-state index contributed by atoms with van der Waals surface area (Å²) in [6.45, 7) is 7.06. The minimum Gasteiger partial charge on any atom is -0.464 e. The van der Waals surface area contributed by atoms with E-state index in [9.17, 15) is 5.11 Å². The fourth-order valence-electron chi connectivity index (χ4n) is 3.91. The molecule has 1 N–H and O–H groups in total. The molecule has 3 unspecified atom stereocenters. The first-order chi connectivity index (χ1) is 10.9. The van der Waals surface area contributed by atoms with Crippen molar-refractivity contribution >= 4 is 15.7 Å². The topological polar surface area (TPSA) is 32.7 Å². The summed E-state index contributed by atoms with van der Waals surface area (Å²) < 4.78 is 5.58. The van der Waals surface area contributed by atoms with Crippen LogP contribution in [0.2, 0.25) is 0 Å². The second-order valence-electron chi connectivity index (χ2n) is 7.30. The summed E-state index contributed by atoms with van der Waals surface area (Å²) in [5.74, 6) is 1.45. The molecule has 2 aliphatic heterocycles. The van der Waals surface area contributed by atoms with Gasteiger partial charge in [0.05, 0.1) is 15.7 Å². The summed E-state index contributed by atoms with van der Waals surface area (Å²) in [7, 11) is 12.9. The Morgan fingerprint density at radius 3 is 2.87 bits per heavy atom. The zero-order chi connectivity index (χ0) is 16.6. The lowest BCUT2D eigenvalue weighted by atomic mass is 9.50. The molecular weight excluding hydrogens is 284 g/mol. The van der Waals surface area contributed by atoms with Gasteiger partial charge in [-0.15, -0.1) is 0 Å². The van der Waals surface area contributed by atoms with E-state index in [2.05, 4.69) is 11.8 Å². The number of rotatable bonds is 4. The van der Waals surface area contributed by atoms with Gasteiger partial charge in [0, 0.05) is 18.0 Å². The van der Waals surface area contributed by atoms with E-state index in [1.165, 1.54) is 12.8 Å². The van der Waals surface area contributed by atoms with Crippen molar-refractivity contribution in [3.8, 4) is 5.75 Å². The number of aliphatic hydroxyl groups excluding tert-OH is 1. The molecule has 5 heteroatoms. The predicted molar refractivity (Wildman–Crippen MR) is 94.1 cm³/mol. The van der Waals surface area contributed by atoms with Gasteiger partial charge in [-0.1, -0.05) is 36.8 Å². The quantitative estimate of drug-likeness (QED) is 0.865. The van der Waals surface area contributed by atoms with E-state index in [4.69, 9.17) is 20.4 Å². The highest BCUT2D eigenvalue weighted by atomic mass is 16.6. The molecule has 2 heterocycles. The number of nitrogens with zero attached hydrogens (tertiary/aromatic N) is 1. The fourth-order valence-corrected chi connectivity index (χ4v) is 3.91. The summed E-state index contributed by atoms with van der Waals surface area (Å²) >= 11 is 0. The maximum absolute atomic E-state index is 10.0. The molecule has 1 saturated heterocycles. The van der Waals surface area contributed by atoms with E-state index in [-0.39, 0.29) is 5.92 Å². The first-order valence-electron chi connectivity index (χ1n) is 8.70. The first-order valence-corrected chi connectivity index (χ1v) is 8.70. The highest BCUT2D eigenvalue weighted by molar-refractivity contribution is 6.40. The van der Waals surface area contributed by atoms with Crippen LogP contribution in [-0.2, 0) is 5.21 Å². The number of benzene rings is 1. The van der Waals surface area contributed by atoms with Crippen molar-refractivity contribution in [3.05, 3.63) is 29.3 Å². The van der Waals surface area contributed by atoms with Gasteiger partial charge < -0.3 is 14.7 Å². The Bertz CT molecular complexity index is 564. The number of aliphatic hydroxyl groups is 1. The Morgan fingerprint density at radius 2 is 2.17 bits per heavy atom. The molecular formula is C18H25B2NO2. The molecule has 1 aromatic carbocycles. The monoisotopic (exact) mass is 309 g/mol. The summed E-state index contributed by atoms with van der Waals surface area (Å²) in [4.78, 5) is 2.35. The number of piperidine rings is 1. The molecule has 3 nitrogen and oxygen atoms in total. The van der Waals surface area contributed by atoms with Gasteiger partial charge in [-0.25, -0.2) is 0 Å². The molecule has 0 bridgehead atoms. The summed E-state index contributed by atoms with van der Waals surface area (Å²) in [5, 5.41) is 9.09.